The van der Waals surface area contributed by atoms with E-state index in [1.807, 2.05) is 48.5 Å². The molecule has 0 radical (unpaired) electrons. The molecule has 0 bridgehead atoms. The molecule has 0 aromatic heterocycles. The first-order chi connectivity index (χ1) is 18.7. The average Bonchev–Trinajstić information content (AvgIpc) is 3.00. The van der Waals surface area contributed by atoms with Gasteiger partial charge in [-0.25, -0.2) is 0 Å². The van der Waals surface area contributed by atoms with Gasteiger partial charge in [0.05, 0.1) is 23.3 Å². The van der Waals surface area contributed by atoms with Gasteiger partial charge in [-0.3, -0.25) is 0 Å². The van der Waals surface area contributed by atoms with Crippen molar-refractivity contribution in [1.29, 1.82) is 10.5 Å². The lowest BCUT2D eigenvalue weighted by Gasteiger charge is -2.15. The Bertz CT molecular complexity index is 1970. The van der Waals surface area contributed by atoms with Crippen LogP contribution in [0, 0.1) is 22.7 Å². The van der Waals surface area contributed by atoms with E-state index in [-0.39, 0.29) is 0 Å². The largest absolute Gasteiger partial charge is 0.192 e. The van der Waals surface area contributed by atoms with Crippen molar-refractivity contribution in [3.8, 4) is 34.4 Å². The van der Waals surface area contributed by atoms with E-state index in [2.05, 4.69) is 84.9 Å². The van der Waals surface area contributed by atoms with Gasteiger partial charge in [0.25, 0.3) is 0 Å². The summed E-state index contributed by atoms with van der Waals surface area (Å²) in [6.07, 6.45) is 0. The number of rotatable bonds is 2. The van der Waals surface area contributed by atoms with Crippen LogP contribution in [0.1, 0.15) is 11.1 Å². The zero-order valence-corrected chi connectivity index (χ0v) is 20.4. The molecule has 0 heterocycles. The van der Waals surface area contributed by atoms with Gasteiger partial charge >= 0.3 is 0 Å². The lowest BCUT2D eigenvalue weighted by molar-refractivity contribution is 1.51. The number of nitriles is 2. The maximum Gasteiger partial charge on any atom is 0.0998 e. The van der Waals surface area contributed by atoms with Gasteiger partial charge in [-0.05, 0) is 78.8 Å². The summed E-state index contributed by atoms with van der Waals surface area (Å²) < 4.78 is 0. The van der Waals surface area contributed by atoms with Crippen LogP contribution in [0.3, 0.4) is 0 Å². The number of nitrogens with zero attached hydrogens (tertiary/aromatic N) is 2. The minimum atomic E-state index is 0.661. The molecule has 0 aliphatic heterocycles. The SMILES string of the molecule is N#Cc1cc2ccc3cc(C#N)c4ccc(-c5ccccc5)cc4c3c2c2cc(-c3ccccc3)ccc12. The van der Waals surface area contributed by atoms with Gasteiger partial charge in [0.2, 0.25) is 0 Å². The predicted octanol–water partition coefficient (Wildman–Crippen LogP) is 9.38. The third kappa shape index (κ3) is 3.33. The quantitative estimate of drug-likeness (QED) is 0.231. The van der Waals surface area contributed by atoms with E-state index in [1.54, 1.807) is 0 Å². The number of hydrogen-bond donors (Lipinski definition) is 0. The summed E-state index contributed by atoms with van der Waals surface area (Å²) in [6.45, 7) is 0. The van der Waals surface area contributed by atoms with E-state index >= 15 is 0 Å². The molecular weight excluding hydrogens is 460 g/mol. The first kappa shape index (κ1) is 21.8. The van der Waals surface area contributed by atoms with E-state index in [9.17, 15) is 10.5 Å². The van der Waals surface area contributed by atoms with Crippen LogP contribution < -0.4 is 0 Å². The summed E-state index contributed by atoms with van der Waals surface area (Å²) in [5, 5.41) is 28.2. The minimum Gasteiger partial charge on any atom is -0.192 e. The second-order valence-electron chi connectivity index (χ2n) is 9.59. The maximum atomic E-state index is 10.0. The van der Waals surface area contributed by atoms with Gasteiger partial charge in [0, 0.05) is 10.8 Å². The molecule has 0 fully saturated rings. The summed E-state index contributed by atoms with van der Waals surface area (Å²) in [6, 6.07) is 46.3. The van der Waals surface area contributed by atoms with Gasteiger partial charge < -0.3 is 0 Å². The van der Waals surface area contributed by atoms with E-state index in [1.165, 1.54) is 0 Å². The molecule has 0 amide bonds. The van der Waals surface area contributed by atoms with E-state index in [0.29, 0.717) is 11.1 Å². The molecule has 0 aliphatic carbocycles. The van der Waals surface area contributed by atoms with Crippen molar-refractivity contribution in [3.63, 3.8) is 0 Å². The highest BCUT2D eigenvalue weighted by Gasteiger charge is 2.15. The molecule has 7 aromatic rings. The molecule has 7 rings (SSSR count). The van der Waals surface area contributed by atoms with E-state index < -0.39 is 0 Å². The standard InChI is InChI=1S/C36H20N2/c37-21-29-17-27-11-12-28-18-30(22-38)32-16-14-26(24-9-5-2-6-10-24)20-34(32)36(28)35(27)33-19-25(13-15-31(29)33)23-7-3-1-4-8-23/h1-20H. The second kappa shape index (κ2) is 8.59. The first-order valence-corrected chi connectivity index (χ1v) is 12.6. The molecule has 7 aromatic carbocycles. The summed E-state index contributed by atoms with van der Waals surface area (Å²) >= 11 is 0. The Balaban J connectivity index is 1.69. The van der Waals surface area contributed by atoms with Crippen molar-refractivity contribution >= 4 is 43.1 Å². The third-order valence-corrected chi connectivity index (χ3v) is 7.48. The lowest BCUT2D eigenvalue weighted by atomic mass is 9.88. The third-order valence-electron chi connectivity index (χ3n) is 7.48. The topological polar surface area (TPSA) is 47.6 Å². The summed E-state index contributed by atoms with van der Waals surface area (Å²) in [5.41, 5.74) is 5.80. The molecule has 174 valence electrons. The van der Waals surface area contributed by atoms with Gasteiger partial charge in [0.1, 0.15) is 0 Å². The fourth-order valence-corrected chi connectivity index (χ4v) is 5.70. The molecule has 2 nitrogen and oxygen atoms in total. The molecular formula is C36H20N2. The van der Waals surface area contributed by atoms with Crippen LogP contribution in [0.25, 0.3) is 65.3 Å². The van der Waals surface area contributed by atoms with Gasteiger partial charge in [-0.1, -0.05) is 97.1 Å². The highest BCUT2D eigenvalue weighted by molar-refractivity contribution is 6.29. The van der Waals surface area contributed by atoms with Gasteiger partial charge in [0.15, 0.2) is 0 Å². The Morgan fingerprint density at radius 1 is 0.368 bits per heavy atom. The van der Waals surface area contributed by atoms with Gasteiger partial charge in [-0.15, -0.1) is 0 Å². The number of benzene rings is 7. The molecule has 0 saturated heterocycles. The Morgan fingerprint density at radius 2 is 0.789 bits per heavy atom. The van der Waals surface area contributed by atoms with Crippen LogP contribution in [0.2, 0.25) is 0 Å². The zero-order valence-electron chi connectivity index (χ0n) is 20.4. The van der Waals surface area contributed by atoms with Crippen LogP contribution >= 0.6 is 0 Å². The van der Waals surface area contributed by atoms with Crippen molar-refractivity contribution < 1.29 is 0 Å². The van der Waals surface area contributed by atoms with E-state index in [0.717, 1.165) is 65.3 Å². The molecule has 0 unspecified atom stereocenters. The summed E-state index contributed by atoms with van der Waals surface area (Å²) in [7, 11) is 0. The van der Waals surface area contributed by atoms with Crippen molar-refractivity contribution in [2.75, 3.05) is 0 Å². The number of hydrogen-bond acceptors (Lipinski definition) is 2. The van der Waals surface area contributed by atoms with Crippen LogP contribution in [0.4, 0.5) is 0 Å². The molecule has 0 aliphatic rings. The Hall–Kier alpha value is -5.44. The summed E-state index contributed by atoms with van der Waals surface area (Å²) in [4.78, 5) is 0. The van der Waals surface area contributed by atoms with Crippen LogP contribution in [-0.4, -0.2) is 0 Å². The van der Waals surface area contributed by atoms with E-state index in [4.69, 9.17) is 0 Å². The highest BCUT2D eigenvalue weighted by atomic mass is 14.3. The fourth-order valence-electron chi connectivity index (χ4n) is 5.70. The molecule has 2 heteroatoms. The van der Waals surface area contributed by atoms with Crippen molar-refractivity contribution in [2.45, 2.75) is 0 Å². The van der Waals surface area contributed by atoms with Crippen molar-refractivity contribution in [1.82, 2.24) is 0 Å². The molecule has 0 N–H and O–H groups in total. The smallest absolute Gasteiger partial charge is 0.0998 e. The average molecular weight is 481 g/mol. The Labute approximate surface area is 220 Å². The van der Waals surface area contributed by atoms with Gasteiger partial charge in [-0.2, -0.15) is 10.5 Å². The fraction of sp³-hybridized carbons (Fsp3) is 0. The Morgan fingerprint density at radius 3 is 1.18 bits per heavy atom. The Kier molecular flexibility index (Phi) is 4.93. The maximum absolute atomic E-state index is 10.0. The van der Waals surface area contributed by atoms with Crippen molar-refractivity contribution in [3.05, 3.63) is 132 Å². The van der Waals surface area contributed by atoms with Crippen LogP contribution in [-0.2, 0) is 0 Å². The molecule has 0 spiro atoms. The second-order valence-corrected chi connectivity index (χ2v) is 9.59. The van der Waals surface area contributed by atoms with Crippen molar-refractivity contribution in [2.24, 2.45) is 0 Å². The van der Waals surface area contributed by atoms with Crippen LogP contribution in [0.15, 0.2) is 121 Å². The highest BCUT2D eigenvalue weighted by Crippen LogP contribution is 2.41. The zero-order chi connectivity index (χ0) is 25.6. The number of fused-ring (bicyclic) bond motifs is 7. The predicted molar refractivity (Wildman–Crippen MR) is 157 cm³/mol. The molecule has 0 atom stereocenters. The monoisotopic (exact) mass is 480 g/mol. The molecule has 0 saturated carbocycles. The molecule has 38 heavy (non-hydrogen) atoms. The minimum absolute atomic E-state index is 0.661. The van der Waals surface area contributed by atoms with Crippen LogP contribution in [0.5, 0.6) is 0 Å². The normalized spacial score (nSPS) is 11.1. The summed E-state index contributed by atoms with van der Waals surface area (Å²) in [5.74, 6) is 0. The lowest BCUT2D eigenvalue weighted by Crippen LogP contribution is -1.90. The first-order valence-electron chi connectivity index (χ1n) is 12.6.